The number of carboxylic acids is 1. The average Bonchev–Trinajstić information content (AvgIpc) is 2.35. The van der Waals surface area contributed by atoms with Crippen LogP contribution in [0.2, 0.25) is 0 Å². The minimum Gasteiger partial charge on any atom is -0.480 e. The van der Waals surface area contributed by atoms with E-state index in [-0.39, 0.29) is 6.61 Å². The Hall–Kier alpha value is -1.92. The fourth-order valence-electron chi connectivity index (χ4n) is 1.40. The number of hydrogen-bond donors (Lipinski definition) is 2. The van der Waals surface area contributed by atoms with E-state index in [1.54, 1.807) is 31.2 Å². The summed E-state index contributed by atoms with van der Waals surface area (Å²) >= 11 is 0. The van der Waals surface area contributed by atoms with Crippen LogP contribution in [0.1, 0.15) is 19.4 Å². The van der Waals surface area contributed by atoms with Gasteiger partial charge in [-0.25, -0.2) is 0 Å². The number of nitrogens with two attached hydrogens (primary N) is 1. The molecule has 1 aromatic rings. The molecule has 0 saturated heterocycles. The molecule has 6 nitrogen and oxygen atoms in total. The van der Waals surface area contributed by atoms with Crippen LogP contribution in [0.25, 0.3) is 0 Å². The molecule has 0 fully saturated rings. The van der Waals surface area contributed by atoms with Gasteiger partial charge in [0.1, 0.15) is 11.8 Å². The van der Waals surface area contributed by atoms with Crippen LogP contribution in [0.3, 0.4) is 0 Å². The van der Waals surface area contributed by atoms with Gasteiger partial charge in [-0.15, -0.1) is 0 Å². The average molecular weight is 267 g/mol. The predicted molar refractivity (Wildman–Crippen MR) is 67.6 cm³/mol. The van der Waals surface area contributed by atoms with Crippen molar-refractivity contribution in [1.29, 1.82) is 0 Å². The van der Waals surface area contributed by atoms with Gasteiger partial charge in [-0.3, -0.25) is 9.59 Å². The maximum absolute atomic E-state index is 10.9. The van der Waals surface area contributed by atoms with E-state index in [0.29, 0.717) is 11.3 Å². The van der Waals surface area contributed by atoms with Crippen LogP contribution in [-0.4, -0.2) is 29.2 Å². The molecule has 2 unspecified atom stereocenters. The Balaban J connectivity index is 2.67. The summed E-state index contributed by atoms with van der Waals surface area (Å²) in [5, 5.41) is 8.75. The molecule has 1 rings (SSSR count). The molecule has 0 aliphatic rings. The number of carboxylic acid groups (broad SMARTS) is 1. The van der Waals surface area contributed by atoms with E-state index in [4.69, 9.17) is 20.3 Å². The van der Waals surface area contributed by atoms with E-state index in [1.165, 1.54) is 6.92 Å². The van der Waals surface area contributed by atoms with Crippen molar-refractivity contribution in [2.75, 3.05) is 0 Å². The first kappa shape index (κ1) is 15.1. The molecule has 3 N–H and O–H groups in total. The van der Waals surface area contributed by atoms with Crippen LogP contribution in [0.15, 0.2) is 24.3 Å². The van der Waals surface area contributed by atoms with Crippen LogP contribution in [0.5, 0.6) is 5.75 Å². The molecule has 0 radical (unpaired) electrons. The molecule has 1 aromatic carbocycles. The molecule has 0 saturated carbocycles. The maximum Gasteiger partial charge on any atom is 0.323 e. The Labute approximate surface area is 111 Å². The maximum atomic E-state index is 10.9. The second kappa shape index (κ2) is 6.86. The standard InChI is InChI=1S/C13H17NO5/c1-8(12(14)13(16)17)18-7-10-5-3-4-6-11(10)19-9(2)15/h3-6,8,12H,7,14H2,1-2H3,(H,16,17). The van der Waals surface area contributed by atoms with Gasteiger partial charge in [-0.1, -0.05) is 18.2 Å². The summed E-state index contributed by atoms with van der Waals surface area (Å²) in [4.78, 5) is 21.6. The lowest BCUT2D eigenvalue weighted by molar-refractivity contribution is -0.142. The third-order valence-corrected chi connectivity index (χ3v) is 2.52. The molecule has 104 valence electrons. The fraction of sp³-hybridized carbons (Fsp3) is 0.385. The summed E-state index contributed by atoms with van der Waals surface area (Å²) in [5.41, 5.74) is 6.09. The molecule has 0 aliphatic heterocycles. The zero-order chi connectivity index (χ0) is 14.4. The van der Waals surface area contributed by atoms with E-state index in [0.717, 1.165) is 0 Å². The number of para-hydroxylation sites is 1. The monoisotopic (exact) mass is 267 g/mol. The highest BCUT2D eigenvalue weighted by Crippen LogP contribution is 2.19. The summed E-state index contributed by atoms with van der Waals surface area (Å²) in [6, 6.07) is 5.78. The second-order valence-electron chi connectivity index (χ2n) is 4.08. The second-order valence-corrected chi connectivity index (χ2v) is 4.08. The Morgan fingerprint density at radius 2 is 2.00 bits per heavy atom. The minimum atomic E-state index is -1.12. The largest absolute Gasteiger partial charge is 0.480 e. The van der Waals surface area contributed by atoms with Crippen molar-refractivity contribution >= 4 is 11.9 Å². The van der Waals surface area contributed by atoms with Crippen LogP contribution in [-0.2, 0) is 20.9 Å². The Morgan fingerprint density at radius 3 is 2.58 bits per heavy atom. The van der Waals surface area contributed by atoms with Crippen molar-refractivity contribution in [3.63, 3.8) is 0 Å². The van der Waals surface area contributed by atoms with Gasteiger partial charge in [0.15, 0.2) is 0 Å². The number of esters is 1. The SMILES string of the molecule is CC(=O)Oc1ccccc1COC(C)C(N)C(=O)O. The molecule has 0 amide bonds. The Morgan fingerprint density at radius 1 is 1.37 bits per heavy atom. The molecule has 0 bridgehead atoms. The lowest BCUT2D eigenvalue weighted by atomic mass is 10.2. The van der Waals surface area contributed by atoms with Crippen LogP contribution in [0, 0.1) is 0 Å². The number of carbonyl (C=O) groups excluding carboxylic acids is 1. The normalized spacial score (nSPS) is 13.6. The molecule has 0 spiro atoms. The first-order valence-corrected chi connectivity index (χ1v) is 5.78. The molecule has 0 heterocycles. The van der Waals surface area contributed by atoms with Gasteiger partial charge in [0, 0.05) is 12.5 Å². The van der Waals surface area contributed by atoms with E-state index in [2.05, 4.69) is 0 Å². The lowest BCUT2D eigenvalue weighted by Gasteiger charge is -2.17. The quantitative estimate of drug-likeness (QED) is 0.587. The summed E-state index contributed by atoms with van der Waals surface area (Å²) in [6.45, 7) is 3.00. The van der Waals surface area contributed by atoms with E-state index < -0.39 is 24.1 Å². The molecule has 0 aromatic heterocycles. The third-order valence-electron chi connectivity index (χ3n) is 2.52. The third kappa shape index (κ3) is 4.69. The first-order chi connectivity index (χ1) is 8.91. The topological polar surface area (TPSA) is 98.9 Å². The van der Waals surface area contributed by atoms with Crippen molar-refractivity contribution < 1.29 is 24.2 Å². The van der Waals surface area contributed by atoms with Crippen LogP contribution >= 0.6 is 0 Å². The summed E-state index contributed by atoms with van der Waals surface area (Å²) in [7, 11) is 0. The summed E-state index contributed by atoms with van der Waals surface area (Å²) < 4.78 is 10.4. The zero-order valence-corrected chi connectivity index (χ0v) is 10.8. The Bertz CT molecular complexity index is 460. The molecular weight excluding hydrogens is 250 g/mol. The molecule has 6 heteroatoms. The van der Waals surface area contributed by atoms with Crippen molar-refractivity contribution in [2.24, 2.45) is 5.73 Å². The highest BCUT2D eigenvalue weighted by Gasteiger charge is 2.21. The van der Waals surface area contributed by atoms with Crippen molar-refractivity contribution in [3.8, 4) is 5.75 Å². The lowest BCUT2D eigenvalue weighted by Crippen LogP contribution is -2.41. The predicted octanol–water partition coefficient (Wildman–Crippen LogP) is 0.929. The number of benzene rings is 1. The van der Waals surface area contributed by atoms with Crippen molar-refractivity contribution in [2.45, 2.75) is 32.6 Å². The van der Waals surface area contributed by atoms with Crippen LogP contribution < -0.4 is 10.5 Å². The molecule has 0 aliphatic carbocycles. The smallest absolute Gasteiger partial charge is 0.323 e. The van der Waals surface area contributed by atoms with Gasteiger partial charge in [0.25, 0.3) is 0 Å². The minimum absolute atomic E-state index is 0.117. The van der Waals surface area contributed by atoms with Crippen molar-refractivity contribution in [3.05, 3.63) is 29.8 Å². The van der Waals surface area contributed by atoms with Gasteiger partial charge in [-0.05, 0) is 13.0 Å². The van der Waals surface area contributed by atoms with Gasteiger partial charge in [0.05, 0.1) is 12.7 Å². The number of ether oxygens (including phenoxy) is 2. The number of carbonyl (C=O) groups is 2. The van der Waals surface area contributed by atoms with Gasteiger partial charge >= 0.3 is 11.9 Å². The first-order valence-electron chi connectivity index (χ1n) is 5.78. The van der Waals surface area contributed by atoms with Gasteiger partial charge in [-0.2, -0.15) is 0 Å². The number of aliphatic carboxylic acids is 1. The highest BCUT2D eigenvalue weighted by atomic mass is 16.5. The van der Waals surface area contributed by atoms with Crippen LogP contribution in [0.4, 0.5) is 0 Å². The number of hydrogen-bond acceptors (Lipinski definition) is 5. The fourth-order valence-corrected chi connectivity index (χ4v) is 1.40. The van der Waals surface area contributed by atoms with Gasteiger partial charge < -0.3 is 20.3 Å². The highest BCUT2D eigenvalue weighted by molar-refractivity contribution is 5.73. The molecular formula is C13H17NO5. The summed E-state index contributed by atoms with van der Waals surface area (Å²) in [6.07, 6.45) is -0.650. The van der Waals surface area contributed by atoms with Crippen molar-refractivity contribution in [1.82, 2.24) is 0 Å². The molecule has 19 heavy (non-hydrogen) atoms. The van der Waals surface area contributed by atoms with E-state index in [9.17, 15) is 9.59 Å². The zero-order valence-electron chi connectivity index (χ0n) is 10.8. The Kier molecular flexibility index (Phi) is 5.47. The van der Waals surface area contributed by atoms with E-state index >= 15 is 0 Å². The summed E-state index contributed by atoms with van der Waals surface area (Å²) in [5.74, 6) is -1.16. The number of rotatable bonds is 6. The van der Waals surface area contributed by atoms with E-state index in [1.807, 2.05) is 0 Å². The molecule has 2 atom stereocenters. The van der Waals surface area contributed by atoms with Gasteiger partial charge in [0.2, 0.25) is 0 Å².